The molecule has 0 bridgehead atoms. The van der Waals surface area contributed by atoms with Crippen LogP contribution in [0, 0.1) is 11.2 Å². The molecule has 0 fully saturated rings. The smallest absolute Gasteiger partial charge is 0.311 e. The predicted molar refractivity (Wildman–Crippen MR) is 87.0 cm³/mol. The highest BCUT2D eigenvalue weighted by Gasteiger charge is 2.35. The van der Waals surface area contributed by atoms with E-state index in [1.807, 2.05) is 0 Å². The van der Waals surface area contributed by atoms with Crippen molar-refractivity contribution < 1.29 is 19.1 Å². The number of carbonyl (C=O) groups excluding carboxylic acids is 1. The molecule has 0 aliphatic heterocycles. The lowest BCUT2D eigenvalue weighted by Crippen LogP contribution is -2.42. The van der Waals surface area contributed by atoms with E-state index in [2.05, 4.69) is 15.5 Å². The summed E-state index contributed by atoms with van der Waals surface area (Å²) in [5.74, 6) is -1.70. The van der Waals surface area contributed by atoms with E-state index in [1.165, 1.54) is 12.1 Å². The number of carbonyl (C=O) groups is 2. The molecule has 7 heteroatoms. The molecule has 2 aromatic rings. The molecule has 0 aliphatic carbocycles. The molecule has 1 amide bonds. The minimum Gasteiger partial charge on any atom is -0.481 e. The van der Waals surface area contributed by atoms with E-state index in [9.17, 15) is 19.1 Å². The first-order valence-electron chi connectivity index (χ1n) is 7.75. The molecule has 0 atom stereocenters. The zero-order valence-electron chi connectivity index (χ0n) is 13.6. The number of amides is 1. The van der Waals surface area contributed by atoms with Crippen molar-refractivity contribution in [3.8, 4) is 11.3 Å². The van der Waals surface area contributed by atoms with Gasteiger partial charge in [-0.05, 0) is 43.2 Å². The molecule has 6 nitrogen and oxygen atoms in total. The van der Waals surface area contributed by atoms with E-state index < -0.39 is 17.3 Å². The summed E-state index contributed by atoms with van der Waals surface area (Å²) in [5, 5.41) is 18.7. The second kappa shape index (κ2) is 7.25. The van der Waals surface area contributed by atoms with Crippen molar-refractivity contribution in [3.63, 3.8) is 0 Å². The largest absolute Gasteiger partial charge is 0.481 e. The van der Waals surface area contributed by atoms with Gasteiger partial charge in [-0.2, -0.15) is 5.10 Å². The summed E-state index contributed by atoms with van der Waals surface area (Å²) in [5.41, 5.74) is 0.431. The van der Waals surface area contributed by atoms with Crippen molar-refractivity contribution in [3.05, 3.63) is 41.8 Å². The summed E-state index contributed by atoms with van der Waals surface area (Å²) in [4.78, 5) is 23.7. The Balaban J connectivity index is 2.08. The summed E-state index contributed by atoms with van der Waals surface area (Å²) in [6, 6.07) is 7.30. The van der Waals surface area contributed by atoms with Gasteiger partial charge < -0.3 is 10.4 Å². The molecule has 1 heterocycles. The maximum Gasteiger partial charge on any atom is 0.311 e. The van der Waals surface area contributed by atoms with Crippen LogP contribution < -0.4 is 5.32 Å². The number of rotatable bonds is 7. The first-order chi connectivity index (χ1) is 11.4. The fourth-order valence-corrected chi connectivity index (χ4v) is 2.43. The van der Waals surface area contributed by atoms with Crippen LogP contribution in [0.5, 0.6) is 0 Å². The number of aliphatic carboxylic acids is 1. The van der Waals surface area contributed by atoms with Crippen molar-refractivity contribution in [2.24, 2.45) is 5.41 Å². The highest BCUT2D eigenvalue weighted by molar-refractivity contribution is 5.93. The fourth-order valence-electron chi connectivity index (χ4n) is 2.43. The summed E-state index contributed by atoms with van der Waals surface area (Å²) in [7, 11) is 0. The van der Waals surface area contributed by atoms with Crippen molar-refractivity contribution in [2.45, 2.75) is 26.7 Å². The number of carboxylic acids is 1. The molecule has 0 unspecified atom stereocenters. The predicted octanol–water partition coefficient (Wildman–Crippen LogP) is 2.84. The summed E-state index contributed by atoms with van der Waals surface area (Å²) in [6.45, 7) is 3.61. The van der Waals surface area contributed by atoms with E-state index in [0.717, 1.165) is 0 Å². The summed E-state index contributed by atoms with van der Waals surface area (Å²) in [6.07, 6.45) is 0.839. The van der Waals surface area contributed by atoms with Gasteiger partial charge in [0.15, 0.2) is 0 Å². The molecule has 3 N–H and O–H groups in total. The zero-order valence-corrected chi connectivity index (χ0v) is 13.6. The Hall–Kier alpha value is -2.70. The van der Waals surface area contributed by atoms with E-state index in [0.29, 0.717) is 24.1 Å². The van der Waals surface area contributed by atoms with Gasteiger partial charge in [0.25, 0.3) is 5.91 Å². The number of hydrogen-bond donors (Lipinski definition) is 3. The summed E-state index contributed by atoms with van der Waals surface area (Å²) >= 11 is 0. The van der Waals surface area contributed by atoms with Crippen LogP contribution in [0.25, 0.3) is 11.3 Å². The van der Waals surface area contributed by atoms with Gasteiger partial charge in [0.05, 0.1) is 11.1 Å². The maximum absolute atomic E-state index is 12.9. The van der Waals surface area contributed by atoms with E-state index >= 15 is 0 Å². The molecular weight excluding hydrogens is 313 g/mol. The standard InChI is InChI=1S/C17H20FN3O3/c1-3-17(4-2,16(23)24)10-19-15(22)14-9-13(20-21-14)11-5-7-12(18)8-6-11/h5-9H,3-4,10H2,1-2H3,(H,19,22)(H,20,21)(H,23,24). The number of halogens is 1. The van der Waals surface area contributed by atoms with Crippen LogP contribution in [0.2, 0.25) is 0 Å². The molecule has 0 aliphatic rings. The Morgan fingerprint density at radius 2 is 1.88 bits per heavy atom. The number of aromatic nitrogens is 2. The second-order valence-electron chi connectivity index (χ2n) is 5.65. The number of H-pyrrole nitrogens is 1. The first-order valence-corrected chi connectivity index (χ1v) is 7.75. The van der Waals surface area contributed by atoms with Gasteiger partial charge >= 0.3 is 5.97 Å². The van der Waals surface area contributed by atoms with Gasteiger partial charge in [0.2, 0.25) is 0 Å². The van der Waals surface area contributed by atoms with Crippen LogP contribution in [-0.2, 0) is 4.79 Å². The Bertz CT molecular complexity index is 721. The Morgan fingerprint density at radius 1 is 1.25 bits per heavy atom. The summed E-state index contributed by atoms with van der Waals surface area (Å²) < 4.78 is 12.9. The van der Waals surface area contributed by atoms with Crippen LogP contribution in [0.3, 0.4) is 0 Å². The molecule has 2 rings (SSSR count). The highest BCUT2D eigenvalue weighted by atomic mass is 19.1. The lowest BCUT2D eigenvalue weighted by molar-refractivity contribution is -0.149. The third kappa shape index (κ3) is 3.61. The van der Waals surface area contributed by atoms with Crippen LogP contribution in [0.4, 0.5) is 4.39 Å². The molecule has 0 spiro atoms. The lowest BCUT2D eigenvalue weighted by Gasteiger charge is -2.26. The van der Waals surface area contributed by atoms with Crippen LogP contribution in [0.1, 0.15) is 37.2 Å². The van der Waals surface area contributed by atoms with Gasteiger partial charge in [-0.15, -0.1) is 0 Å². The highest BCUT2D eigenvalue weighted by Crippen LogP contribution is 2.26. The number of hydrogen-bond acceptors (Lipinski definition) is 3. The molecular formula is C17H20FN3O3. The third-order valence-electron chi connectivity index (χ3n) is 4.36. The van der Waals surface area contributed by atoms with E-state index in [4.69, 9.17) is 0 Å². The van der Waals surface area contributed by atoms with Crippen molar-refractivity contribution in [1.29, 1.82) is 0 Å². The Morgan fingerprint density at radius 3 is 2.42 bits per heavy atom. The minimum absolute atomic E-state index is 0.0407. The number of benzene rings is 1. The van der Waals surface area contributed by atoms with E-state index in [-0.39, 0.29) is 18.1 Å². The topological polar surface area (TPSA) is 95.1 Å². The zero-order chi connectivity index (χ0) is 17.7. The molecule has 0 saturated heterocycles. The quantitative estimate of drug-likeness (QED) is 0.726. The molecule has 128 valence electrons. The SMILES string of the molecule is CCC(CC)(CNC(=O)c1cc(-c2ccc(F)cc2)n[nH]1)C(=O)O. The lowest BCUT2D eigenvalue weighted by atomic mass is 9.82. The number of aromatic amines is 1. The average molecular weight is 333 g/mol. The fraction of sp³-hybridized carbons (Fsp3) is 0.353. The molecule has 1 aromatic carbocycles. The second-order valence-corrected chi connectivity index (χ2v) is 5.65. The maximum atomic E-state index is 12.9. The van der Waals surface area contributed by atoms with Crippen molar-refractivity contribution in [2.75, 3.05) is 6.54 Å². The van der Waals surface area contributed by atoms with E-state index in [1.54, 1.807) is 32.0 Å². The van der Waals surface area contributed by atoms with Gasteiger partial charge in [-0.3, -0.25) is 14.7 Å². The monoisotopic (exact) mass is 333 g/mol. The van der Waals surface area contributed by atoms with Gasteiger partial charge in [-0.25, -0.2) is 4.39 Å². The Kier molecular flexibility index (Phi) is 5.33. The van der Waals surface area contributed by atoms with Crippen LogP contribution in [-0.4, -0.2) is 33.7 Å². The molecule has 24 heavy (non-hydrogen) atoms. The van der Waals surface area contributed by atoms with Gasteiger partial charge in [-0.1, -0.05) is 13.8 Å². The number of carboxylic acid groups (broad SMARTS) is 1. The van der Waals surface area contributed by atoms with Crippen molar-refractivity contribution >= 4 is 11.9 Å². The van der Waals surface area contributed by atoms with Crippen LogP contribution in [0.15, 0.2) is 30.3 Å². The molecule has 0 radical (unpaired) electrons. The molecule has 1 aromatic heterocycles. The Labute approximate surface area is 139 Å². The van der Waals surface area contributed by atoms with Crippen LogP contribution >= 0.6 is 0 Å². The van der Waals surface area contributed by atoms with Gasteiger partial charge in [0, 0.05) is 12.1 Å². The number of nitrogens with zero attached hydrogens (tertiary/aromatic N) is 1. The third-order valence-corrected chi connectivity index (χ3v) is 4.36. The molecule has 0 saturated carbocycles. The number of nitrogens with one attached hydrogen (secondary N) is 2. The first kappa shape index (κ1) is 17.7. The van der Waals surface area contributed by atoms with Gasteiger partial charge in [0.1, 0.15) is 11.5 Å². The van der Waals surface area contributed by atoms with Crippen molar-refractivity contribution in [1.82, 2.24) is 15.5 Å². The minimum atomic E-state index is -0.977. The average Bonchev–Trinajstić information content (AvgIpc) is 3.06. The normalized spacial score (nSPS) is 11.3.